The number of carboxylic acid groups (broad SMARTS) is 1. The molecule has 150 valence electrons. The summed E-state index contributed by atoms with van der Waals surface area (Å²) in [7, 11) is 0. The first kappa shape index (κ1) is 22.8. The van der Waals surface area contributed by atoms with Gasteiger partial charge in [0, 0.05) is 12.8 Å². The standard InChI is InChI=1S/C20H34O6/c1-2-3-4-5-6-7-9-15(21)12-13-18-17(23)14-19(26-18)16(22)10-8-11-20(24)25/h6-7,12-13,15-19,21-23H,2-5,8-11,14H2,1H3,(H,24,25)/b7-6-,13-12+/t15-,16+,17-,18+,19-/m1/s1. The molecule has 0 saturated carbocycles. The van der Waals surface area contributed by atoms with Gasteiger partial charge in [0.05, 0.1) is 24.4 Å². The third-order valence-corrected chi connectivity index (χ3v) is 4.55. The van der Waals surface area contributed by atoms with Gasteiger partial charge >= 0.3 is 5.97 Å². The van der Waals surface area contributed by atoms with E-state index in [0.717, 1.165) is 12.8 Å². The largest absolute Gasteiger partial charge is 0.481 e. The van der Waals surface area contributed by atoms with Crippen molar-refractivity contribution in [3.63, 3.8) is 0 Å². The van der Waals surface area contributed by atoms with Crippen molar-refractivity contribution in [3.8, 4) is 0 Å². The Bertz CT molecular complexity index is 448. The summed E-state index contributed by atoms with van der Waals surface area (Å²) in [5.74, 6) is -0.890. The van der Waals surface area contributed by atoms with Gasteiger partial charge in [0.1, 0.15) is 6.10 Å². The van der Waals surface area contributed by atoms with Gasteiger partial charge in [-0.2, -0.15) is 0 Å². The maximum atomic E-state index is 10.5. The molecule has 0 aromatic rings. The Hall–Kier alpha value is -1.21. The molecular formula is C20H34O6. The second-order valence-corrected chi connectivity index (χ2v) is 6.95. The Kier molecular flexibility index (Phi) is 11.4. The average Bonchev–Trinajstić information content (AvgIpc) is 2.96. The van der Waals surface area contributed by atoms with Crippen LogP contribution in [-0.4, -0.2) is 56.9 Å². The summed E-state index contributed by atoms with van der Waals surface area (Å²) >= 11 is 0. The van der Waals surface area contributed by atoms with Gasteiger partial charge in [0.2, 0.25) is 0 Å². The molecule has 1 aliphatic heterocycles. The summed E-state index contributed by atoms with van der Waals surface area (Å²) in [4.78, 5) is 10.5. The van der Waals surface area contributed by atoms with Gasteiger partial charge < -0.3 is 25.2 Å². The second kappa shape index (κ2) is 13.0. The summed E-state index contributed by atoms with van der Waals surface area (Å²) in [6.45, 7) is 2.16. The van der Waals surface area contributed by atoms with Crippen molar-refractivity contribution in [2.75, 3.05) is 0 Å². The molecule has 1 aliphatic rings. The van der Waals surface area contributed by atoms with Crippen molar-refractivity contribution < 1.29 is 30.0 Å². The zero-order chi connectivity index (χ0) is 19.4. The Labute approximate surface area is 156 Å². The molecule has 0 bridgehead atoms. The van der Waals surface area contributed by atoms with E-state index in [4.69, 9.17) is 9.84 Å². The van der Waals surface area contributed by atoms with Crippen molar-refractivity contribution in [1.82, 2.24) is 0 Å². The Morgan fingerprint density at radius 1 is 1.23 bits per heavy atom. The predicted octanol–water partition coefficient (Wildman–Crippen LogP) is 2.56. The lowest BCUT2D eigenvalue weighted by atomic mass is 10.0. The fourth-order valence-corrected chi connectivity index (χ4v) is 2.97. The van der Waals surface area contributed by atoms with E-state index in [2.05, 4.69) is 13.0 Å². The summed E-state index contributed by atoms with van der Waals surface area (Å²) in [5.41, 5.74) is 0. The third kappa shape index (κ3) is 9.48. The van der Waals surface area contributed by atoms with Crippen LogP contribution in [0.5, 0.6) is 0 Å². The zero-order valence-corrected chi connectivity index (χ0v) is 15.7. The maximum absolute atomic E-state index is 10.5. The van der Waals surface area contributed by atoms with Crippen molar-refractivity contribution in [2.24, 2.45) is 0 Å². The number of hydrogen-bond acceptors (Lipinski definition) is 5. The van der Waals surface area contributed by atoms with Crippen molar-refractivity contribution in [2.45, 2.75) is 95.2 Å². The molecule has 0 radical (unpaired) electrons. The predicted molar refractivity (Wildman–Crippen MR) is 99.8 cm³/mol. The summed E-state index contributed by atoms with van der Waals surface area (Å²) in [5, 5.41) is 38.7. The highest BCUT2D eigenvalue weighted by Crippen LogP contribution is 2.26. The highest BCUT2D eigenvalue weighted by Gasteiger charge is 2.36. The monoisotopic (exact) mass is 370 g/mol. The van der Waals surface area contributed by atoms with Gasteiger partial charge in [-0.15, -0.1) is 0 Å². The number of carbonyl (C=O) groups is 1. The third-order valence-electron chi connectivity index (χ3n) is 4.55. The summed E-state index contributed by atoms with van der Waals surface area (Å²) in [6.07, 6.45) is 10.2. The minimum absolute atomic E-state index is 0.00776. The Morgan fingerprint density at radius 2 is 2.00 bits per heavy atom. The van der Waals surface area contributed by atoms with Gasteiger partial charge in [-0.3, -0.25) is 4.79 Å². The first-order valence-electron chi connectivity index (χ1n) is 9.68. The van der Waals surface area contributed by atoms with Crippen LogP contribution >= 0.6 is 0 Å². The molecule has 26 heavy (non-hydrogen) atoms. The maximum Gasteiger partial charge on any atom is 0.303 e. The van der Waals surface area contributed by atoms with E-state index in [0.29, 0.717) is 25.7 Å². The fraction of sp³-hybridized carbons (Fsp3) is 0.750. The van der Waals surface area contributed by atoms with Crippen LogP contribution < -0.4 is 0 Å². The molecule has 1 heterocycles. The van der Waals surface area contributed by atoms with E-state index in [1.807, 2.05) is 6.08 Å². The molecule has 5 atom stereocenters. The van der Waals surface area contributed by atoms with Gasteiger partial charge in [-0.05, 0) is 32.1 Å². The molecule has 4 N–H and O–H groups in total. The van der Waals surface area contributed by atoms with E-state index >= 15 is 0 Å². The average molecular weight is 370 g/mol. The number of carboxylic acids is 1. The van der Waals surface area contributed by atoms with Crippen molar-refractivity contribution in [3.05, 3.63) is 24.3 Å². The van der Waals surface area contributed by atoms with E-state index in [-0.39, 0.29) is 6.42 Å². The number of hydrogen-bond donors (Lipinski definition) is 4. The number of rotatable bonds is 13. The SMILES string of the molecule is CCCCC/C=C\C[C@@H](O)/C=C/[C@@H]1O[C@@H]([C@@H](O)CCCC(=O)O)C[C@H]1O. The number of allylic oxidation sites excluding steroid dienone is 1. The molecule has 0 aromatic heterocycles. The molecule has 0 spiro atoms. The zero-order valence-electron chi connectivity index (χ0n) is 15.7. The van der Waals surface area contributed by atoms with Crippen LogP contribution in [-0.2, 0) is 9.53 Å². The van der Waals surface area contributed by atoms with Crippen molar-refractivity contribution in [1.29, 1.82) is 0 Å². The highest BCUT2D eigenvalue weighted by molar-refractivity contribution is 5.66. The number of ether oxygens (including phenoxy) is 1. The van der Waals surface area contributed by atoms with E-state index in [1.54, 1.807) is 12.2 Å². The molecule has 1 fully saturated rings. The fourth-order valence-electron chi connectivity index (χ4n) is 2.97. The van der Waals surface area contributed by atoms with Gasteiger partial charge in [-0.25, -0.2) is 0 Å². The summed E-state index contributed by atoms with van der Waals surface area (Å²) in [6, 6.07) is 0. The van der Waals surface area contributed by atoms with Crippen LogP contribution in [0, 0.1) is 0 Å². The lowest BCUT2D eigenvalue weighted by Crippen LogP contribution is -2.26. The van der Waals surface area contributed by atoms with Crippen LogP contribution in [0.3, 0.4) is 0 Å². The van der Waals surface area contributed by atoms with E-state index in [1.165, 1.54) is 12.8 Å². The Balaban J connectivity index is 2.31. The molecule has 1 saturated heterocycles. The molecule has 1 rings (SSSR count). The van der Waals surface area contributed by atoms with Gasteiger partial charge in [0.15, 0.2) is 0 Å². The normalized spacial score (nSPS) is 25.9. The van der Waals surface area contributed by atoms with Crippen LogP contribution in [0.2, 0.25) is 0 Å². The number of unbranched alkanes of at least 4 members (excludes halogenated alkanes) is 3. The number of aliphatic carboxylic acids is 1. The van der Waals surface area contributed by atoms with E-state index in [9.17, 15) is 20.1 Å². The van der Waals surface area contributed by atoms with Crippen LogP contribution in [0.15, 0.2) is 24.3 Å². The molecular weight excluding hydrogens is 336 g/mol. The first-order valence-corrected chi connectivity index (χ1v) is 9.68. The van der Waals surface area contributed by atoms with E-state index < -0.39 is 36.5 Å². The van der Waals surface area contributed by atoms with Gasteiger partial charge in [0.25, 0.3) is 0 Å². The first-order chi connectivity index (χ1) is 12.4. The highest BCUT2D eigenvalue weighted by atomic mass is 16.5. The van der Waals surface area contributed by atoms with Crippen molar-refractivity contribution >= 4 is 5.97 Å². The van der Waals surface area contributed by atoms with Crippen LogP contribution in [0.25, 0.3) is 0 Å². The smallest absolute Gasteiger partial charge is 0.303 e. The molecule has 0 aromatic carbocycles. The molecule has 6 heteroatoms. The molecule has 0 amide bonds. The molecule has 6 nitrogen and oxygen atoms in total. The lowest BCUT2D eigenvalue weighted by molar-refractivity contribution is -0.137. The lowest BCUT2D eigenvalue weighted by Gasteiger charge is -2.17. The van der Waals surface area contributed by atoms with Crippen LogP contribution in [0.1, 0.15) is 64.7 Å². The second-order valence-electron chi connectivity index (χ2n) is 6.95. The quantitative estimate of drug-likeness (QED) is 0.293. The molecule has 0 aliphatic carbocycles. The number of aliphatic hydroxyl groups is 3. The summed E-state index contributed by atoms with van der Waals surface area (Å²) < 4.78 is 5.65. The minimum Gasteiger partial charge on any atom is -0.481 e. The number of aliphatic hydroxyl groups excluding tert-OH is 3. The minimum atomic E-state index is -0.890. The van der Waals surface area contributed by atoms with Gasteiger partial charge in [-0.1, -0.05) is 44.1 Å². The Morgan fingerprint density at radius 3 is 2.69 bits per heavy atom. The molecule has 0 unspecified atom stereocenters. The topological polar surface area (TPSA) is 107 Å². The van der Waals surface area contributed by atoms with Crippen LogP contribution in [0.4, 0.5) is 0 Å².